The van der Waals surface area contributed by atoms with Gasteiger partial charge in [0, 0.05) is 19.8 Å². The summed E-state index contributed by atoms with van der Waals surface area (Å²) in [5.74, 6) is -4.82. The zero-order chi connectivity index (χ0) is 28.8. The van der Waals surface area contributed by atoms with E-state index in [0.717, 1.165) is 6.92 Å². The van der Waals surface area contributed by atoms with Gasteiger partial charge < -0.3 is 54.0 Å². The molecule has 2 fully saturated rings. The van der Waals surface area contributed by atoms with Gasteiger partial charge in [0.2, 0.25) is 12.1 Å². The molecular formula is C24H40O14. The first-order valence-electron chi connectivity index (χ1n) is 12.5. The van der Waals surface area contributed by atoms with Crippen molar-refractivity contribution >= 4 is 17.9 Å². The minimum absolute atomic E-state index is 0.00482. The van der Waals surface area contributed by atoms with Crippen molar-refractivity contribution in [1.29, 1.82) is 0 Å². The number of esters is 3. The molecule has 2 rings (SSSR count). The standard InChI is InChI=1S/C24H40O14/c1-11(2)6-16(29)35-20-15(9-26)34-23(21(19(20)32)33-13(5)28)38-24(10-27)22(18(31)14(8-25)37-24)36-17(30)7-12(3)4/h11-12,14-15,18-23,25-27,31-32H,6-10H2,1-5H3/t14-,15-,18-,19+,20-,21-,22+,23-,24+/m1/s1. The molecule has 0 unspecified atom stereocenters. The number of rotatable bonds is 12. The second-order valence-electron chi connectivity index (χ2n) is 10.3. The van der Waals surface area contributed by atoms with Gasteiger partial charge in [-0.3, -0.25) is 14.4 Å². The smallest absolute Gasteiger partial charge is 0.306 e. The summed E-state index contributed by atoms with van der Waals surface area (Å²) in [7, 11) is 0. The van der Waals surface area contributed by atoms with Gasteiger partial charge in [-0.25, -0.2) is 0 Å². The third-order valence-corrected chi connectivity index (χ3v) is 5.97. The molecule has 0 spiro atoms. The highest BCUT2D eigenvalue weighted by Gasteiger charge is 2.61. The number of aliphatic hydroxyl groups is 5. The summed E-state index contributed by atoms with van der Waals surface area (Å²) in [4.78, 5) is 36.6. The van der Waals surface area contributed by atoms with Gasteiger partial charge in [0.15, 0.2) is 18.3 Å². The van der Waals surface area contributed by atoms with Gasteiger partial charge in [0.25, 0.3) is 0 Å². The first-order valence-corrected chi connectivity index (χ1v) is 12.5. The topological polar surface area (TPSA) is 208 Å². The quantitative estimate of drug-likeness (QED) is 0.136. The Kier molecular flexibility index (Phi) is 11.8. The van der Waals surface area contributed by atoms with Gasteiger partial charge in [-0.2, -0.15) is 0 Å². The van der Waals surface area contributed by atoms with E-state index in [9.17, 15) is 39.9 Å². The molecule has 5 N–H and O–H groups in total. The molecule has 2 saturated heterocycles. The lowest BCUT2D eigenvalue weighted by atomic mass is 9.98. The number of ether oxygens (including phenoxy) is 6. The van der Waals surface area contributed by atoms with Gasteiger partial charge in [-0.05, 0) is 11.8 Å². The largest absolute Gasteiger partial charge is 0.457 e. The molecule has 2 heterocycles. The van der Waals surface area contributed by atoms with E-state index in [2.05, 4.69) is 0 Å². The average Bonchev–Trinajstić information content (AvgIpc) is 3.07. The minimum Gasteiger partial charge on any atom is -0.457 e. The predicted octanol–water partition coefficient (Wildman–Crippen LogP) is -1.63. The summed E-state index contributed by atoms with van der Waals surface area (Å²) >= 11 is 0. The van der Waals surface area contributed by atoms with E-state index in [1.807, 2.05) is 0 Å². The molecule has 38 heavy (non-hydrogen) atoms. The molecule has 0 aromatic heterocycles. The van der Waals surface area contributed by atoms with Crippen LogP contribution >= 0.6 is 0 Å². The van der Waals surface area contributed by atoms with Crippen LogP contribution in [0.25, 0.3) is 0 Å². The number of hydrogen-bond donors (Lipinski definition) is 5. The molecule has 9 atom stereocenters. The number of hydrogen-bond acceptors (Lipinski definition) is 14. The van der Waals surface area contributed by atoms with Crippen molar-refractivity contribution in [1.82, 2.24) is 0 Å². The molecule has 220 valence electrons. The SMILES string of the molecule is CC(=O)O[C@H]1[C@@H](O[C@]2(CO)O[C@H](CO)[C@@H](O)[C@@H]2OC(=O)CC(C)C)O[C@H](CO)[C@@H](OC(=O)CC(C)C)[C@@H]1O. The lowest BCUT2D eigenvalue weighted by Gasteiger charge is -2.45. The maximum atomic E-state index is 12.4. The van der Waals surface area contributed by atoms with Crippen LogP contribution in [0, 0.1) is 11.8 Å². The second-order valence-corrected chi connectivity index (χ2v) is 10.3. The monoisotopic (exact) mass is 552 g/mol. The van der Waals surface area contributed by atoms with Crippen LogP contribution in [0.5, 0.6) is 0 Å². The fraction of sp³-hybridized carbons (Fsp3) is 0.875. The summed E-state index contributed by atoms with van der Waals surface area (Å²) in [5, 5.41) is 51.5. The highest BCUT2D eigenvalue weighted by Crippen LogP contribution is 2.39. The number of carbonyl (C=O) groups excluding carboxylic acids is 3. The summed E-state index contributed by atoms with van der Waals surface area (Å²) in [6.45, 7) is 5.59. The summed E-state index contributed by atoms with van der Waals surface area (Å²) in [5.41, 5.74) is 0. The Hall–Kier alpha value is -1.91. The van der Waals surface area contributed by atoms with Crippen molar-refractivity contribution < 1.29 is 68.3 Å². The Morgan fingerprint density at radius 1 is 0.816 bits per heavy atom. The molecule has 2 aliphatic rings. The van der Waals surface area contributed by atoms with Crippen molar-refractivity contribution in [3.8, 4) is 0 Å². The second kappa shape index (κ2) is 13.9. The lowest BCUT2D eigenvalue weighted by Crippen LogP contribution is -2.64. The number of aliphatic hydroxyl groups excluding tert-OH is 5. The molecule has 0 saturated carbocycles. The summed E-state index contributed by atoms with van der Waals surface area (Å²) < 4.78 is 32.9. The fourth-order valence-corrected chi connectivity index (χ4v) is 4.26. The van der Waals surface area contributed by atoms with Gasteiger partial charge in [-0.1, -0.05) is 27.7 Å². The van der Waals surface area contributed by atoms with Crippen molar-refractivity contribution in [3.63, 3.8) is 0 Å². The average molecular weight is 553 g/mol. The molecule has 0 aromatic rings. The van der Waals surface area contributed by atoms with E-state index < -0.39 is 92.5 Å². The maximum absolute atomic E-state index is 12.4. The third-order valence-electron chi connectivity index (χ3n) is 5.97. The first-order chi connectivity index (χ1) is 17.8. The summed E-state index contributed by atoms with van der Waals surface area (Å²) in [6, 6.07) is 0. The molecule has 0 aromatic carbocycles. The molecule has 14 heteroatoms. The van der Waals surface area contributed by atoms with E-state index in [0.29, 0.717) is 0 Å². The zero-order valence-electron chi connectivity index (χ0n) is 22.2. The normalized spacial score (nSPS) is 35.4. The molecule has 0 bridgehead atoms. The Labute approximate surface area is 220 Å². The Balaban J connectivity index is 2.39. The van der Waals surface area contributed by atoms with Crippen molar-refractivity contribution in [2.45, 2.75) is 102 Å². The van der Waals surface area contributed by atoms with E-state index in [4.69, 9.17) is 28.4 Å². The van der Waals surface area contributed by atoms with Crippen LogP contribution in [-0.4, -0.2) is 118 Å². The Morgan fingerprint density at radius 2 is 1.37 bits per heavy atom. The van der Waals surface area contributed by atoms with Gasteiger partial charge >= 0.3 is 17.9 Å². The van der Waals surface area contributed by atoms with Crippen LogP contribution in [0.4, 0.5) is 0 Å². The van der Waals surface area contributed by atoms with E-state index >= 15 is 0 Å². The van der Waals surface area contributed by atoms with Crippen LogP contribution in [0.2, 0.25) is 0 Å². The highest BCUT2D eigenvalue weighted by atomic mass is 16.8. The van der Waals surface area contributed by atoms with Gasteiger partial charge in [-0.15, -0.1) is 0 Å². The van der Waals surface area contributed by atoms with Crippen molar-refractivity contribution in [3.05, 3.63) is 0 Å². The van der Waals surface area contributed by atoms with E-state index in [1.165, 1.54) is 0 Å². The highest BCUT2D eigenvalue weighted by molar-refractivity contribution is 5.70. The maximum Gasteiger partial charge on any atom is 0.306 e. The van der Waals surface area contributed by atoms with Crippen molar-refractivity contribution in [2.75, 3.05) is 19.8 Å². The zero-order valence-corrected chi connectivity index (χ0v) is 22.2. The fourth-order valence-electron chi connectivity index (χ4n) is 4.26. The van der Waals surface area contributed by atoms with Crippen LogP contribution in [0.1, 0.15) is 47.5 Å². The van der Waals surface area contributed by atoms with Crippen LogP contribution < -0.4 is 0 Å². The molecule has 2 aliphatic heterocycles. The van der Waals surface area contributed by atoms with Gasteiger partial charge in [0.1, 0.15) is 31.0 Å². The number of carbonyl (C=O) groups is 3. The Bertz CT molecular complexity index is 803. The molecule has 0 aliphatic carbocycles. The van der Waals surface area contributed by atoms with Gasteiger partial charge in [0.05, 0.1) is 13.2 Å². The molecule has 0 radical (unpaired) electrons. The first kappa shape index (κ1) is 32.3. The summed E-state index contributed by atoms with van der Waals surface area (Å²) in [6.07, 6.45) is -12.7. The van der Waals surface area contributed by atoms with Crippen molar-refractivity contribution in [2.24, 2.45) is 11.8 Å². The van der Waals surface area contributed by atoms with Crippen LogP contribution in [0.3, 0.4) is 0 Å². The molecule has 0 amide bonds. The van der Waals surface area contributed by atoms with Crippen LogP contribution in [0.15, 0.2) is 0 Å². The predicted molar refractivity (Wildman–Crippen MR) is 125 cm³/mol. The lowest BCUT2D eigenvalue weighted by molar-refractivity contribution is -0.384. The molecule has 14 nitrogen and oxygen atoms in total. The third kappa shape index (κ3) is 7.82. The minimum atomic E-state index is -2.33. The molecular weight excluding hydrogens is 512 g/mol. The Morgan fingerprint density at radius 3 is 1.84 bits per heavy atom. The van der Waals surface area contributed by atoms with Crippen LogP contribution in [-0.2, 0) is 42.8 Å². The van der Waals surface area contributed by atoms with E-state index in [-0.39, 0.29) is 24.7 Å². The van der Waals surface area contributed by atoms with E-state index in [1.54, 1.807) is 27.7 Å².